The van der Waals surface area contributed by atoms with E-state index in [-0.39, 0.29) is 16.4 Å². The van der Waals surface area contributed by atoms with Gasteiger partial charge in [-0.05, 0) is 73.4 Å². The predicted molar refractivity (Wildman–Crippen MR) is 132 cm³/mol. The summed E-state index contributed by atoms with van der Waals surface area (Å²) in [4.78, 5) is 0. The number of hydrogen-bond donors (Lipinski definition) is 0. The molecular formula is C20H50O3Si4. The van der Waals surface area contributed by atoms with Gasteiger partial charge in [0.05, 0.1) is 13.3 Å². The van der Waals surface area contributed by atoms with Crippen LogP contribution in [0.25, 0.3) is 0 Å². The van der Waals surface area contributed by atoms with E-state index >= 15 is 0 Å². The van der Waals surface area contributed by atoms with Crippen molar-refractivity contribution in [2.24, 2.45) is 0 Å². The van der Waals surface area contributed by atoms with E-state index in [2.05, 4.69) is 100 Å². The number of rotatable bonds is 11. The first-order valence-electron chi connectivity index (χ1n) is 10.7. The van der Waals surface area contributed by atoms with E-state index < -0.39 is 33.7 Å². The van der Waals surface area contributed by atoms with E-state index in [1.54, 1.807) is 0 Å². The van der Waals surface area contributed by atoms with E-state index in [4.69, 9.17) is 13.3 Å². The van der Waals surface area contributed by atoms with E-state index in [9.17, 15) is 0 Å². The second-order valence-corrected chi connectivity index (χ2v) is 29.0. The van der Waals surface area contributed by atoms with Gasteiger partial charge in [-0.15, -0.1) is 0 Å². The minimum atomic E-state index is -2.06. The van der Waals surface area contributed by atoms with Gasteiger partial charge in [0.1, 0.15) is 0 Å². The van der Waals surface area contributed by atoms with Crippen LogP contribution >= 0.6 is 0 Å². The lowest BCUT2D eigenvalue weighted by Crippen LogP contribution is -2.60. The van der Waals surface area contributed by atoms with Crippen LogP contribution in [0.1, 0.15) is 48.0 Å². The molecule has 0 aromatic rings. The van der Waals surface area contributed by atoms with Crippen molar-refractivity contribution in [3.63, 3.8) is 0 Å². The van der Waals surface area contributed by atoms with Gasteiger partial charge in [-0.25, -0.2) is 0 Å². The highest BCUT2D eigenvalue weighted by atomic mass is 28.4. The summed E-state index contributed by atoms with van der Waals surface area (Å²) < 4.78 is 20.1. The molecule has 27 heavy (non-hydrogen) atoms. The van der Waals surface area contributed by atoms with E-state index in [0.717, 1.165) is 6.42 Å². The van der Waals surface area contributed by atoms with Crippen LogP contribution in [0, 0.1) is 0 Å². The summed E-state index contributed by atoms with van der Waals surface area (Å²) in [5.41, 5.74) is 0.397. The zero-order valence-corrected chi connectivity index (χ0v) is 25.3. The summed E-state index contributed by atoms with van der Waals surface area (Å²) in [6, 6.07) is 0. The Morgan fingerprint density at radius 3 is 1.67 bits per heavy atom. The van der Waals surface area contributed by atoms with Gasteiger partial charge in [0.15, 0.2) is 17.4 Å². The Morgan fingerprint density at radius 2 is 1.33 bits per heavy atom. The summed E-state index contributed by atoms with van der Waals surface area (Å²) in [6.45, 7) is 34.7. The van der Waals surface area contributed by atoms with Crippen molar-refractivity contribution in [2.45, 2.75) is 129 Å². The van der Waals surface area contributed by atoms with Crippen LogP contribution in [-0.4, -0.2) is 50.8 Å². The standard InChI is InChI=1S/C20H50O3Si4/c1-16-20(6,24(7)21-18(3)25(8,9)10)17(2)22-27(14,15)19(4,5)23-26(11,12)13/h17-18,24H,16H2,1-15H3. The molecule has 164 valence electrons. The first-order valence-corrected chi connectivity index (χ1v) is 22.8. The minimum Gasteiger partial charge on any atom is -0.420 e. The van der Waals surface area contributed by atoms with E-state index in [1.807, 2.05) is 0 Å². The number of hydrogen-bond acceptors (Lipinski definition) is 3. The van der Waals surface area contributed by atoms with Crippen LogP contribution in [0.4, 0.5) is 0 Å². The Morgan fingerprint density at radius 1 is 0.889 bits per heavy atom. The van der Waals surface area contributed by atoms with Crippen LogP contribution in [0.5, 0.6) is 0 Å². The molecule has 0 aliphatic carbocycles. The lowest BCUT2D eigenvalue weighted by Gasteiger charge is -2.48. The summed E-state index contributed by atoms with van der Waals surface area (Å²) in [6.07, 6.45) is 1.28. The fraction of sp³-hybridized carbons (Fsp3) is 1.00. The molecule has 0 N–H and O–H groups in total. The Kier molecular flexibility index (Phi) is 9.52. The molecule has 4 unspecified atom stereocenters. The Labute approximate surface area is 176 Å². The van der Waals surface area contributed by atoms with Crippen molar-refractivity contribution in [2.75, 3.05) is 0 Å². The van der Waals surface area contributed by atoms with Crippen molar-refractivity contribution < 1.29 is 13.3 Å². The third kappa shape index (κ3) is 7.83. The van der Waals surface area contributed by atoms with Gasteiger partial charge in [0, 0.05) is 16.9 Å². The summed E-state index contributed by atoms with van der Waals surface area (Å²) in [5.74, 6) is 0. The Bertz CT molecular complexity index is 469. The average Bonchev–Trinajstić information content (AvgIpc) is 2.41. The molecule has 0 fully saturated rings. The Balaban J connectivity index is 5.43. The SMILES string of the molecule is CCC(C)(C(C)O[Si](C)(C)C(C)(C)O[Si](C)(C)C)[SiH](C)OC(C)[Si](C)(C)C. The third-order valence-electron chi connectivity index (χ3n) is 6.73. The lowest BCUT2D eigenvalue weighted by atomic mass is 10.0. The molecule has 0 aromatic carbocycles. The fourth-order valence-electron chi connectivity index (χ4n) is 3.18. The Hall–Kier alpha value is 0.748. The van der Waals surface area contributed by atoms with Gasteiger partial charge >= 0.3 is 0 Å². The fourth-order valence-corrected chi connectivity index (χ4v) is 12.7. The predicted octanol–water partition coefficient (Wildman–Crippen LogP) is 6.57. The molecule has 3 nitrogen and oxygen atoms in total. The van der Waals surface area contributed by atoms with Gasteiger partial charge in [-0.1, -0.05) is 33.5 Å². The summed E-state index contributed by atoms with van der Waals surface area (Å²) in [7, 11) is -6.42. The molecule has 0 aliphatic rings. The molecule has 0 amide bonds. The lowest BCUT2D eigenvalue weighted by molar-refractivity contribution is 0.0888. The van der Waals surface area contributed by atoms with Crippen LogP contribution in [0.2, 0.25) is 64.0 Å². The van der Waals surface area contributed by atoms with Gasteiger partial charge < -0.3 is 13.3 Å². The molecule has 0 aliphatic heterocycles. The normalized spacial score (nSPS) is 20.1. The average molecular weight is 451 g/mol. The van der Waals surface area contributed by atoms with Crippen molar-refractivity contribution in [1.82, 2.24) is 0 Å². The quantitative estimate of drug-likeness (QED) is 0.333. The highest BCUT2D eigenvalue weighted by Gasteiger charge is 2.49. The molecule has 0 radical (unpaired) electrons. The zero-order chi connectivity index (χ0) is 22.1. The monoisotopic (exact) mass is 450 g/mol. The van der Waals surface area contributed by atoms with Crippen LogP contribution in [0.3, 0.4) is 0 Å². The second-order valence-electron chi connectivity index (χ2n) is 11.6. The highest BCUT2D eigenvalue weighted by Crippen LogP contribution is 2.43. The topological polar surface area (TPSA) is 27.7 Å². The molecule has 0 saturated carbocycles. The first-order chi connectivity index (χ1) is 11.7. The minimum absolute atomic E-state index is 0.118. The highest BCUT2D eigenvalue weighted by molar-refractivity contribution is 6.78. The third-order valence-corrected chi connectivity index (χ3v) is 18.4. The maximum atomic E-state index is 6.90. The van der Waals surface area contributed by atoms with Crippen LogP contribution < -0.4 is 0 Å². The van der Waals surface area contributed by atoms with Gasteiger partial charge in [0.25, 0.3) is 0 Å². The van der Waals surface area contributed by atoms with Crippen LogP contribution in [0.15, 0.2) is 0 Å². The van der Waals surface area contributed by atoms with Gasteiger partial charge in [-0.2, -0.15) is 0 Å². The van der Waals surface area contributed by atoms with Crippen molar-refractivity contribution in [3.8, 4) is 0 Å². The van der Waals surface area contributed by atoms with Gasteiger partial charge in [0.2, 0.25) is 8.32 Å². The van der Waals surface area contributed by atoms with Crippen molar-refractivity contribution in [3.05, 3.63) is 0 Å². The van der Waals surface area contributed by atoms with E-state index in [0.29, 0.717) is 5.73 Å². The molecule has 0 heterocycles. The largest absolute Gasteiger partial charge is 0.420 e. The molecule has 0 rings (SSSR count). The maximum Gasteiger partial charge on any atom is 0.216 e. The molecule has 0 saturated heterocycles. The maximum absolute atomic E-state index is 6.90. The van der Waals surface area contributed by atoms with Crippen LogP contribution in [-0.2, 0) is 13.3 Å². The zero-order valence-electron chi connectivity index (χ0n) is 21.2. The molecule has 0 bridgehead atoms. The smallest absolute Gasteiger partial charge is 0.216 e. The van der Waals surface area contributed by atoms with Gasteiger partial charge in [-0.3, -0.25) is 0 Å². The molecule has 0 spiro atoms. The molecule has 4 atom stereocenters. The first kappa shape index (κ1) is 27.7. The van der Waals surface area contributed by atoms with E-state index in [1.165, 1.54) is 0 Å². The molecule has 7 heteroatoms. The second kappa shape index (κ2) is 9.27. The van der Waals surface area contributed by atoms with Crippen molar-refractivity contribution >= 4 is 33.7 Å². The summed E-state index contributed by atoms with van der Waals surface area (Å²) >= 11 is 0. The molecule has 0 aromatic heterocycles. The summed E-state index contributed by atoms with van der Waals surface area (Å²) in [5, 5.41) is -0.0783. The molecular weight excluding hydrogens is 401 g/mol. The van der Waals surface area contributed by atoms with Crippen molar-refractivity contribution in [1.29, 1.82) is 0 Å².